The molecular formula is C13H24BrN3. The zero-order valence-corrected chi connectivity index (χ0v) is 12.9. The third-order valence-corrected chi connectivity index (χ3v) is 3.44. The van der Waals surface area contributed by atoms with E-state index in [0.29, 0.717) is 12.1 Å². The highest BCUT2D eigenvalue weighted by molar-refractivity contribution is 9.10. The Morgan fingerprint density at radius 1 is 1.35 bits per heavy atom. The maximum absolute atomic E-state index is 4.46. The van der Waals surface area contributed by atoms with E-state index >= 15 is 0 Å². The number of hydrogen-bond acceptors (Lipinski definition) is 2. The van der Waals surface area contributed by atoms with Gasteiger partial charge in [0.15, 0.2) is 0 Å². The van der Waals surface area contributed by atoms with Crippen LogP contribution in [0.5, 0.6) is 0 Å². The summed E-state index contributed by atoms with van der Waals surface area (Å²) in [7, 11) is 0. The molecule has 4 heteroatoms. The lowest BCUT2D eigenvalue weighted by Crippen LogP contribution is -2.25. The van der Waals surface area contributed by atoms with Crippen LogP contribution in [-0.4, -0.2) is 16.3 Å². The Balaban J connectivity index is 2.94. The molecule has 0 fully saturated rings. The highest BCUT2D eigenvalue weighted by Crippen LogP contribution is 2.28. The summed E-state index contributed by atoms with van der Waals surface area (Å²) in [5, 5.41) is 8.07. The highest BCUT2D eigenvalue weighted by atomic mass is 79.9. The Morgan fingerprint density at radius 3 is 2.59 bits per heavy atom. The molecule has 1 rings (SSSR count). The smallest absolute Gasteiger partial charge is 0.0698 e. The van der Waals surface area contributed by atoms with Gasteiger partial charge in [-0.1, -0.05) is 20.3 Å². The van der Waals surface area contributed by atoms with Gasteiger partial charge in [-0.25, -0.2) is 0 Å². The van der Waals surface area contributed by atoms with Crippen LogP contribution in [0.25, 0.3) is 0 Å². The largest absolute Gasteiger partial charge is 0.309 e. The van der Waals surface area contributed by atoms with Gasteiger partial charge in [0.1, 0.15) is 0 Å². The average molecular weight is 302 g/mol. The Hall–Kier alpha value is -0.350. The van der Waals surface area contributed by atoms with E-state index in [2.05, 4.69) is 58.7 Å². The number of aromatic nitrogens is 2. The van der Waals surface area contributed by atoms with Gasteiger partial charge >= 0.3 is 0 Å². The van der Waals surface area contributed by atoms with Crippen molar-refractivity contribution in [1.82, 2.24) is 15.1 Å². The van der Waals surface area contributed by atoms with Crippen molar-refractivity contribution < 1.29 is 0 Å². The van der Waals surface area contributed by atoms with Gasteiger partial charge in [-0.05, 0) is 49.2 Å². The summed E-state index contributed by atoms with van der Waals surface area (Å²) in [5.74, 6) is 0. The molecule has 1 unspecified atom stereocenters. The van der Waals surface area contributed by atoms with E-state index < -0.39 is 0 Å². The third-order valence-electron chi connectivity index (χ3n) is 2.82. The van der Waals surface area contributed by atoms with Crippen molar-refractivity contribution in [2.24, 2.45) is 0 Å². The molecule has 1 aromatic heterocycles. The lowest BCUT2D eigenvalue weighted by atomic mass is 10.1. The first-order chi connectivity index (χ1) is 8.11. The van der Waals surface area contributed by atoms with Crippen molar-refractivity contribution in [1.29, 1.82) is 0 Å². The molecule has 0 amide bonds. The normalized spacial score (nSPS) is 13.3. The van der Waals surface area contributed by atoms with Crippen LogP contribution in [0.15, 0.2) is 10.7 Å². The van der Waals surface area contributed by atoms with E-state index in [0.717, 1.165) is 23.9 Å². The minimum Gasteiger partial charge on any atom is -0.309 e. The first-order valence-corrected chi connectivity index (χ1v) is 7.37. The van der Waals surface area contributed by atoms with Gasteiger partial charge < -0.3 is 5.32 Å². The molecule has 0 spiro atoms. The van der Waals surface area contributed by atoms with Crippen LogP contribution in [0.1, 0.15) is 64.7 Å². The Kier molecular flexibility index (Phi) is 6.20. The summed E-state index contributed by atoms with van der Waals surface area (Å²) in [6.07, 6.45) is 5.40. The van der Waals surface area contributed by atoms with Crippen LogP contribution in [0.3, 0.4) is 0 Å². The number of halogens is 1. The van der Waals surface area contributed by atoms with Crippen LogP contribution in [0.2, 0.25) is 0 Å². The fourth-order valence-electron chi connectivity index (χ4n) is 2.03. The molecule has 1 aromatic rings. The van der Waals surface area contributed by atoms with Gasteiger partial charge in [0.25, 0.3) is 0 Å². The van der Waals surface area contributed by atoms with Crippen LogP contribution in [-0.2, 0) is 0 Å². The SMILES string of the molecule is CCCNC(CCC)c1c(Br)cnn1C(C)C. The van der Waals surface area contributed by atoms with Crippen LogP contribution >= 0.6 is 15.9 Å². The molecule has 1 N–H and O–H groups in total. The molecule has 1 atom stereocenters. The number of hydrogen-bond donors (Lipinski definition) is 1. The van der Waals surface area contributed by atoms with E-state index in [-0.39, 0.29) is 0 Å². The maximum Gasteiger partial charge on any atom is 0.0698 e. The van der Waals surface area contributed by atoms with Crippen molar-refractivity contribution in [3.63, 3.8) is 0 Å². The highest BCUT2D eigenvalue weighted by Gasteiger charge is 2.20. The predicted octanol–water partition coefficient (Wildman–Crippen LogP) is 4.07. The fourth-order valence-corrected chi connectivity index (χ4v) is 2.58. The molecule has 0 radical (unpaired) electrons. The summed E-state index contributed by atoms with van der Waals surface area (Å²) >= 11 is 3.62. The molecular weight excluding hydrogens is 278 g/mol. The second kappa shape index (κ2) is 7.17. The molecule has 0 aliphatic heterocycles. The van der Waals surface area contributed by atoms with Gasteiger partial charge in [0, 0.05) is 6.04 Å². The zero-order chi connectivity index (χ0) is 12.8. The maximum atomic E-state index is 4.46. The second-order valence-electron chi connectivity index (χ2n) is 4.71. The van der Waals surface area contributed by atoms with Gasteiger partial charge in [-0.15, -0.1) is 0 Å². The van der Waals surface area contributed by atoms with Crippen LogP contribution < -0.4 is 5.32 Å². The van der Waals surface area contributed by atoms with Crippen molar-refractivity contribution in [3.05, 3.63) is 16.4 Å². The summed E-state index contributed by atoms with van der Waals surface area (Å²) in [5.41, 5.74) is 1.29. The molecule has 17 heavy (non-hydrogen) atoms. The van der Waals surface area contributed by atoms with Crippen molar-refractivity contribution in [2.45, 2.75) is 59.0 Å². The number of nitrogens with zero attached hydrogens (tertiary/aromatic N) is 2. The topological polar surface area (TPSA) is 29.9 Å². The van der Waals surface area contributed by atoms with E-state index in [1.165, 1.54) is 12.1 Å². The lowest BCUT2D eigenvalue weighted by Gasteiger charge is -2.21. The minimum absolute atomic E-state index is 0.402. The number of rotatable bonds is 7. The second-order valence-corrected chi connectivity index (χ2v) is 5.57. The quantitative estimate of drug-likeness (QED) is 0.823. The molecule has 98 valence electrons. The first kappa shape index (κ1) is 14.7. The lowest BCUT2D eigenvalue weighted by molar-refractivity contribution is 0.423. The zero-order valence-electron chi connectivity index (χ0n) is 11.3. The van der Waals surface area contributed by atoms with Gasteiger partial charge in [0.05, 0.1) is 22.4 Å². The molecule has 1 heterocycles. The first-order valence-electron chi connectivity index (χ1n) is 6.58. The predicted molar refractivity (Wildman–Crippen MR) is 76.3 cm³/mol. The van der Waals surface area contributed by atoms with Crippen molar-refractivity contribution in [3.8, 4) is 0 Å². The summed E-state index contributed by atoms with van der Waals surface area (Å²) < 4.78 is 3.24. The van der Waals surface area contributed by atoms with Crippen molar-refractivity contribution >= 4 is 15.9 Å². The number of nitrogens with one attached hydrogen (secondary N) is 1. The van der Waals surface area contributed by atoms with Crippen LogP contribution in [0, 0.1) is 0 Å². The fraction of sp³-hybridized carbons (Fsp3) is 0.769. The Morgan fingerprint density at radius 2 is 2.06 bits per heavy atom. The van der Waals surface area contributed by atoms with E-state index in [4.69, 9.17) is 0 Å². The third kappa shape index (κ3) is 3.81. The molecule has 0 bridgehead atoms. The molecule has 0 aromatic carbocycles. The van der Waals surface area contributed by atoms with Crippen LogP contribution in [0.4, 0.5) is 0 Å². The van der Waals surface area contributed by atoms with E-state index in [1.807, 2.05) is 6.20 Å². The Bertz CT molecular complexity index is 333. The summed E-state index contributed by atoms with van der Waals surface area (Å²) in [6.45, 7) is 9.83. The van der Waals surface area contributed by atoms with Gasteiger partial charge in [-0.2, -0.15) is 5.10 Å². The molecule has 0 aliphatic carbocycles. The van der Waals surface area contributed by atoms with E-state index in [9.17, 15) is 0 Å². The minimum atomic E-state index is 0.402. The molecule has 0 saturated heterocycles. The molecule has 0 aliphatic rings. The van der Waals surface area contributed by atoms with Gasteiger partial charge in [0.2, 0.25) is 0 Å². The average Bonchev–Trinajstić information content (AvgIpc) is 2.66. The van der Waals surface area contributed by atoms with E-state index in [1.54, 1.807) is 0 Å². The summed E-state index contributed by atoms with van der Waals surface area (Å²) in [6, 6.07) is 0.804. The monoisotopic (exact) mass is 301 g/mol. The summed E-state index contributed by atoms with van der Waals surface area (Å²) in [4.78, 5) is 0. The van der Waals surface area contributed by atoms with Gasteiger partial charge in [-0.3, -0.25) is 4.68 Å². The Labute approximate surface area is 113 Å². The molecule has 3 nitrogen and oxygen atoms in total. The standard InChI is InChI=1S/C13H24BrN3/c1-5-7-12(15-8-6-2)13-11(14)9-16-17(13)10(3)4/h9-10,12,15H,5-8H2,1-4H3. The molecule has 0 saturated carbocycles. The van der Waals surface area contributed by atoms with Crippen molar-refractivity contribution in [2.75, 3.05) is 6.54 Å².